The molecule has 1 aliphatic heterocycles. The number of carbonyl (C=O) groups excluding carboxylic acids is 1. The molecule has 6 heteroatoms. The molecular weight excluding hydrogens is 468 g/mol. The summed E-state index contributed by atoms with van der Waals surface area (Å²) >= 11 is 0. The lowest BCUT2D eigenvalue weighted by atomic mass is 9.73. The zero-order valence-electron chi connectivity index (χ0n) is 23.2. The van der Waals surface area contributed by atoms with Crippen LogP contribution in [0.3, 0.4) is 0 Å². The van der Waals surface area contributed by atoms with Crippen LogP contribution in [0.4, 0.5) is 0 Å². The standard InChI is InChI=1S/C31H42O6/c1-7-31(4,5)24-16-22-26(17-27(24)36-14-8-13-35-6)37-29(18(2)3)23-15-21(30(33)34)25(32)12-11-20(28(22)23)19-9-10-19/h15-20,29H,7-14H2,1-6H3,(H,33,34)/b21-15+. The quantitative estimate of drug-likeness (QED) is 0.291. The van der Waals surface area contributed by atoms with Crippen LogP contribution in [0.25, 0.3) is 5.57 Å². The van der Waals surface area contributed by atoms with Gasteiger partial charge in [0.1, 0.15) is 23.2 Å². The van der Waals surface area contributed by atoms with Gasteiger partial charge in [0.2, 0.25) is 0 Å². The first-order valence-corrected chi connectivity index (χ1v) is 13.8. The molecule has 3 aliphatic rings. The monoisotopic (exact) mass is 510 g/mol. The van der Waals surface area contributed by atoms with Gasteiger partial charge in [-0.05, 0) is 72.1 Å². The van der Waals surface area contributed by atoms with Gasteiger partial charge in [-0.2, -0.15) is 0 Å². The van der Waals surface area contributed by atoms with Crippen LogP contribution in [-0.2, 0) is 19.7 Å². The van der Waals surface area contributed by atoms with E-state index in [0.29, 0.717) is 25.6 Å². The molecule has 0 aromatic heterocycles. The van der Waals surface area contributed by atoms with Crippen molar-refractivity contribution in [1.29, 1.82) is 0 Å². The van der Waals surface area contributed by atoms with E-state index in [9.17, 15) is 14.7 Å². The molecule has 0 spiro atoms. The molecule has 1 heterocycles. The third-order valence-electron chi connectivity index (χ3n) is 8.29. The predicted molar refractivity (Wildman–Crippen MR) is 144 cm³/mol. The third-order valence-corrected chi connectivity index (χ3v) is 8.29. The van der Waals surface area contributed by atoms with E-state index in [2.05, 4.69) is 40.7 Å². The van der Waals surface area contributed by atoms with E-state index in [4.69, 9.17) is 14.2 Å². The Kier molecular flexibility index (Phi) is 8.17. The smallest absolute Gasteiger partial charge is 0.339 e. The molecule has 0 radical (unpaired) electrons. The number of methoxy groups -OCH3 is 1. The molecule has 1 aromatic carbocycles. The van der Waals surface area contributed by atoms with E-state index in [-0.39, 0.29) is 41.1 Å². The first-order valence-electron chi connectivity index (χ1n) is 13.8. The third kappa shape index (κ3) is 5.64. The number of carboxylic acids is 1. The molecule has 2 unspecified atom stereocenters. The minimum atomic E-state index is -1.16. The fourth-order valence-electron chi connectivity index (χ4n) is 5.62. The van der Waals surface area contributed by atoms with Crippen molar-refractivity contribution in [3.8, 4) is 11.5 Å². The van der Waals surface area contributed by atoms with Crippen LogP contribution in [0.5, 0.6) is 11.5 Å². The van der Waals surface area contributed by atoms with Gasteiger partial charge in [0.15, 0.2) is 5.78 Å². The number of ketones is 1. The number of benzene rings is 1. The van der Waals surface area contributed by atoms with Crippen molar-refractivity contribution in [3.05, 3.63) is 40.5 Å². The van der Waals surface area contributed by atoms with Gasteiger partial charge in [-0.1, -0.05) is 34.6 Å². The molecule has 0 amide bonds. The van der Waals surface area contributed by atoms with E-state index in [0.717, 1.165) is 53.9 Å². The maximum atomic E-state index is 12.9. The first kappa shape index (κ1) is 27.4. The molecule has 2 atom stereocenters. The van der Waals surface area contributed by atoms with E-state index >= 15 is 0 Å². The van der Waals surface area contributed by atoms with Gasteiger partial charge in [0.25, 0.3) is 0 Å². The van der Waals surface area contributed by atoms with Crippen molar-refractivity contribution < 1.29 is 28.9 Å². The van der Waals surface area contributed by atoms with Crippen LogP contribution >= 0.6 is 0 Å². The Hall–Kier alpha value is -2.60. The van der Waals surface area contributed by atoms with Crippen LogP contribution in [0.2, 0.25) is 0 Å². The minimum Gasteiger partial charge on any atom is -0.493 e. The predicted octanol–water partition coefficient (Wildman–Crippen LogP) is 6.36. The molecule has 4 rings (SSSR count). The van der Waals surface area contributed by atoms with Gasteiger partial charge in [0.05, 0.1) is 6.61 Å². The molecule has 202 valence electrons. The molecule has 37 heavy (non-hydrogen) atoms. The Bertz CT molecular complexity index is 1100. The molecular formula is C31H42O6. The Balaban J connectivity index is 1.95. The highest BCUT2D eigenvalue weighted by molar-refractivity contribution is 6.17. The molecule has 6 nitrogen and oxygen atoms in total. The number of aliphatic carboxylic acids is 1. The fraction of sp³-hybridized carbons (Fsp3) is 0.613. The van der Waals surface area contributed by atoms with Crippen LogP contribution in [0, 0.1) is 17.8 Å². The number of hydrogen-bond acceptors (Lipinski definition) is 5. The maximum absolute atomic E-state index is 12.9. The second kappa shape index (κ2) is 11.0. The number of ether oxygens (including phenoxy) is 3. The van der Waals surface area contributed by atoms with E-state index in [1.165, 1.54) is 5.57 Å². The molecule has 2 aliphatic carbocycles. The average molecular weight is 511 g/mol. The van der Waals surface area contributed by atoms with Crippen molar-refractivity contribution >= 4 is 17.3 Å². The summed E-state index contributed by atoms with van der Waals surface area (Å²) in [5.74, 6) is 0.992. The summed E-state index contributed by atoms with van der Waals surface area (Å²) in [6.45, 7) is 12.0. The molecule has 1 aromatic rings. The summed E-state index contributed by atoms with van der Waals surface area (Å²) in [6.07, 6.45) is 6.22. The normalized spacial score (nSPS) is 23.4. The summed E-state index contributed by atoms with van der Waals surface area (Å²) in [4.78, 5) is 25.0. The number of hydrogen-bond donors (Lipinski definition) is 1. The highest BCUT2D eigenvalue weighted by Crippen LogP contribution is 2.54. The Labute approximate surface area is 221 Å². The number of allylic oxidation sites excluding steroid dienone is 1. The van der Waals surface area contributed by atoms with Crippen LogP contribution < -0.4 is 9.47 Å². The van der Waals surface area contributed by atoms with Gasteiger partial charge in [-0.15, -0.1) is 0 Å². The molecule has 1 N–H and O–H groups in total. The van der Waals surface area contributed by atoms with Gasteiger partial charge in [-0.25, -0.2) is 4.79 Å². The lowest BCUT2D eigenvalue weighted by molar-refractivity contribution is -0.134. The summed E-state index contributed by atoms with van der Waals surface area (Å²) in [5, 5.41) is 9.89. The summed E-state index contributed by atoms with van der Waals surface area (Å²) in [6, 6.07) is 4.27. The van der Waals surface area contributed by atoms with Crippen molar-refractivity contribution in [2.45, 2.75) is 84.7 Å². The lowest BCUT2D eigenvalue weighted by Crippen LogP contribution is -2.33. The van der Waals surface area contributed by atoms with Crippen LogP contribution in [0.1, 0.15) is 84.3 Å². The molecule has 1 saturated carbocycles. The first-order chi connectivity index (χ1) is 17.6. The largest absolute Gasteiger partial charge is 0.493 e. The van der Waals surface area contributed by atoms with E-state index in [1.54, 1.807) is 13.2 Å². The number of rotatable bonds is 10. The topological polar surface area (TPSA) is 82.1 Å². The Morgan fingerprint density at radius 3 is 2.51 bits per heavy atom. The summed E-state index contributed by atoms with van der Waals surface area (Å²) in [7, 11) is 1.69. The Morgan fingerprint density at radius 1 is 1.19 bits per heavy atom. The Morgan fingerprint density at radius 2 is 1.92 bits per heavy atom. The average Bonchev–Trinajstić information content (AvgIpc) is 3.68. The molecule has 1 fully saturated rings. The molecule has 0 bridgehead atoms. The van der Waals surface area contributed by atoms with Gasteiger partial charge in [0, 0.05) is 43.8 Å². The highest BCUT2D eigenvalue weighted by atomic mass is 16.5. The summed E-state index contributed by atoms with van der Waals surface area (Å²) < 4.78 is 18.1. The van der Waals surface area contributed by atoms with Crippen LogP contribution in [-0.4, -0.2) is 43.3 Å². The zero-order valence-corrected chi connectivity index (χ0v) is 23.2. The van der Waals surface area contributed by atoms with E-state index < -0.39 is 5.97 Å². The van der Waals surface area contributed by atoms with Gasteiger partial charge in [-0.3, -0.25) is 4.79 Å². The summed E-state index contributed by atoms with van der Waals surface area (Å²) in [5.41, 5.74) is 3.92. The second-order valence-electron chi connectivity index (χ2n) is 11.7. The SMILES string of the molecule is CCC(C)(C)c1cc2c(cc1OCCCOC)OC(C(C)C)C1=C2C(C2CC2)CCC(=O)/C(C(=O)O)=C\1. The molecule has 0 saturated heterocycles. The number of carboxylic acid groups (broad SMARTS) is 1. The number of Topliss-reactive ketones (excluding diaryl/α,β-unsaturated/α-hetero) is 1. The highest BCUT2D eigenvalue weighted by Gasteiger charge is 2.42. The zero-order chi connectivity index (χ0) is 26.9. The van der Waals surface area contributed by atoms with Crippen LogP contribution in [0.15, 0.2) is 29.4 Å². The second-order valence-corrected chi connectivity index (χ2v) is 11.7. The maximum Gasteiger partial charge on any atom is 0.339 e. The minimum absolute atomic E-state index is 0.0941. The van der Waals surface area contributed by atoms with Crippen molar-refractivity contribution in [3.63, 3.8) is 0 Å². The lowest BCUT2D eigenvalue weighted by Gasteiger charge is -2.38. The van der Waals surface area contributed by atoms with Crippen molar-refractivity contribution in [2.24, 2.45) is 17.8 Å². The fourth-order valence-corrected chi connectivity index (χ4v) is 5.62. The van der Waals surface area contributed by atoms with Crippen molar-refractivity contribution in [1.82, 2.24) is 0 Å². The number of carbonyl (C=O) groups is 2. The van der Waals surface area contributed by atoms with Gasteiger partial charge >= 0.3 is 5.97 Å². The van der Waals surface area contributed by atoms with Crippen molar-refractivity contribution in [2.75, 3.05) is 20.3 Å². The van der Waals surface area contributed by atoms with E-state index in [1.807, 2.05) is 6.07 Å². The van der Waals surface area contributed by atoms with Gasteiger partial charge < -0.3 is 19.3 Å². The number of fused-ring (bicyclic) bond motifs is 2.